The maximum Gasteiger partial charge on any atom is 0.159 e. The number of hydrogen-bond acceptors (Lipinski definition) is 3. The average molecular weight is 429 g/mol. The quantitative estimate of drug-likeness (QED) is 0.533. The standard InChI is InChI=1S/C28H44O3/c1-17(2)18(3)6-7-19(4)22-8-9-23-26-24(11-12-27(22,23)5)28(16-29)13-10-21(30)14-20(28)15-25(26)31/h15,17,19,21-24,26,29-30H,3,6-14,16H2,1-2,4-5H3/t19?,21-,22+,23?,24?,26?,27+,28+/m0/s1. The normalized spacial score (nSPS) is 43.1. The molecule has 0 aromatic rings. The molecular formula is C28H44O3. The van der Waals surface area contributed by atoms with E-state index in [1.54, 1.807) is 0 Å². The molecule has 4 aliphatic rings. The second-order valence-electron chi connectivity index (χ2n) is 12.1. The van der Waals surface area contributed by atoms with Gasteiger partial charge in [0, 0.05) is 11.3 Å². The van der Waals surface area contributed by atoms with Crippen LogP contribution in [0.4, 0.5) is 0 Å². The Kier molecular flexibility index (Phi) is 6.33. The zero-order chi connectivity index (χ0) is 22.6. The number of ketones is 1. The topological polar surface area (TPSA) is 57.5 Å². The van der Waals surface area contributed by atoms with Crippen LogP contribution in [0.1, 0.15) is 85.5 Å². The Morgan fingerprint density at radius 1 is 1.16 bits per heavy atom. The van der Waals surface area contributed by atoms with Crippen LogP contribution in [0.5, 0.6) is 0 Å². The molecule has 0 aromatic heterocycles. The van der Waals surface area contributed by atoms with Gasteiger partial charge in [0.25, 0.3) is 0 Å². The Bertz CT molecular complexity index is 751. The summed E-state index contributed by atoms with van der Waals surface area (Å²) in [5.41, 5.74) is 2.36. The van der Waals surface area contributed by atoms with Crippen molar-refractivity contribution in [2.45, 2.75) is 91.6 Å². The fourth-order valence-corrected chi connectivity index (χ4v) is 8.37. The smallest absolute Gasteiger partial charge is 0.159 e. The van der Waals surface area contributed by atoms with Gasteiger partial charge in [-0.25, -0.2) is 0 Å². The van der Waals surface area contributed by atoms with Crippen LogP contribution < -0.4 is 0 Å². The zero-order valence-corrected chi connectivity index (χ0v) is 20.2. The van der Waals surface area contributed by atoms with E-state index in [4.69, 9.17) is 0 Å². The maximum absolute atomic E-state index is 13.4. The molecule has 174 valence electrons. The molecule has 0 spiro atoms. The van der Waals surface area contributed by atoms with Crippen molar-refractivity contribution >= 4 is 5.78 Å². The second kappa shape index (κ2) is 8.45. The monoisotopic (exact) mass is 428 g/mol. The first kappa shape index (κ1) is 23.2. The highest BCUT2D eigenvalue weighted by molar-refractivity contribution is 5.94. The lowest BCUT2D eigenvalue weighted by molar-refractivity contribution is -0.138. The molecule has 3 heteroatoms. The van der Waals surface area contributed by atoms with Crippen molar-refractivity contribution < 1.29 is 15.0 Å². The summed E-state index contributed by atoms with van der Waals surface area (Å²) in [7, 11) is 0. The Labute approximate surface area is 189 Å². The van der Waals surface area contributed by atoms with E-state index in [2.05, 4.69) is 34.3 Å². The first-order valence-electron chi connectivity index (χ1n) is 12.9. The Hall–Kier alpha value is -0.930. The van der Waals surface area contributed by atoms with E-state index in [0.717, 1.165) is 37.7 Å². The summed E-state index contributed by atoms with van der Waals surface area (Å²) in [6.45, 7) is 13.8. The van der Waals surface area contributed by atoms with Crippen molar-refractivity contribution in [3.8, 4) is 0 Å². The molecule has 0 bridgehead atoms. The minimum atomic E-state index is -0.360. The summed E-state index contributed by atoms with van der Waals surface area (Å²) in [6.07, 6.45) is 10.5. The van der Waals surface area contributed by atoms with Crippen molar-refractivity contribution in [2.75, 3.05) is 6.61 Å². The molecule has 4 unspecified atom stereocenters. The average Bonchev–Trinajstić information content (AvgIpc) is 3.08. The largest absolute Gasteiger partial charge is 0.395 e. The van der Waals surface area contributed by atoms with Gasteiger partial charge in [-0.3, -0.25) is 4.79 Å². The van der Waals surface area contributed by atoms with Crippen LogP contribution >= 0.6 is 0 Å². The lowest BCUT2D eigenvalue weighted by Gasteiger charge is -2.58. The van der Waals surface area contributed by atoms with Gasteiger partial charge in [-0.2, -0.15) is 0 Å². The molecule has 4 aliphatic carbocycles. The lowest BCUT2D eigenvalue weighted by atomic mass is 9.46. The summed E-state index contributed by atoms with van der Waals surface area (Å²) < 4.78 is 0. The van der Waals surface area contributed by atoms with Gasteiger partial charge in [0.15, 0.2) is 5.78 Å². The fraction of sp³-hybridized carbons (Fsp3) is 0.821. The van der Waals surface area contributed by atoms with E-state index in [-0.39, 0.29) is 41.2 Å². The van der Waals surface area contributed by atoms with E-state index < -0.39 is 0 Å². The third kappa shape index (κ3) is 3.68. The first-order valence-corrected chi connectivity index (χ1v) is 12.9. The highest BCUT2D eigenvalue weighted by atomic mass is 16.3. The van der Waals surface area contributed by atoms with E-state index in [9.17, 15) is 15.0 Å². The molecular weight excluding hydrogens is 384 g/mol. The highest BCUT2D eigenvalue weighted by Crippen LogP contribution is 2.66. The molecule has 8 atom stereocenters. The number of aliphatic hydroxyl groups is 2. The van der Waals surface area contributed by atoms with E-state index in [1.165, 1.54) is 24.8 Å². The SMILES string of the molecule is C=C(CCC(C)[C@H]1CCC2C3C(=O)C=C4C[C@@H](O)CC[C@]4(CO)C3CC[C@@]21C)C(C)C. The van der Waals surface area contributed by atoms with Crippen molar-refractivity contribution in [3.05, 3.63) is 23.8 Å². The number of aliphatic hydroxyl groups excluding tert-OH is 2. The molecule has 0 heterocycles. The summed E-state index contributed by atoms with van der Waals surface area (Å²) in [4.78, 5) is 13.4. The predicted molar refractivity (Wildman–Crippen MR) is 125 cm³/mol. The number of allylic oxidation sites excluding steroid dienone is 2. The van der Waals surface area contributed by atoms with Crippen LogP contribution in [0.2, 0.25) is 0 Å². The zero-order valence-electron chi connectivity index (χ0n) is 20.2. The Morgan fingerprint density at radius 2 is 1.90 bits per heavy atom. The first-order chi connectivity index (χ1) is 14.6. The van der Waals surface area contributed by atoms with Crippen LogP contribution in [0.25, 0.3) is 0 Å². The van der Waals surface area contributed by atoms with E-state index >= 15 is 0 Å². The minimum absolute atomic E-state index is 0.0627. The number of hydrogen-bond donors (Lipinski definition) is 2. The van der Waals surface area contributed by atoms with Crippen LogP contribution in [0.3, 0.4) is 0 Å². The number of rotatable bonds is 6. The molecule has 0 saturated heterocycles. The van der Waals surface area contributed by atoms with Gasteiger partial charge in [-0.05, 0) is 98.9 Å². The molecule has 0 radical (unpaired) electrons. The second-order valence-corrected chi connectivity index (χ2v) is 12.1. The molecule has 4 rings (SSSR count). The summed E-state index contributed by atoms with van der Waals surface area (Å²) >= 11 is 0. The van der Waals surface area contributed by atoms with Crippen molar-refractivity contribution in [1.29, 1.82) is 0 Å². The van der Waals surface area contributed by atoms with E-state index in [0.29, 0.717) is 30.1 Å². The van der Waals surface area contributed by atoms with Gasteiger partial charge in [0.05, 0.1) is 12.7 Å². The number of fused-ring (bicyclic) bond motifs is 5. The molecule has 3 nitrogen and oxygen atoms in total. The Morgan fingerprint density at radius 3 is 2.58 bits per heavy atom. The minimum Gasteiger partial charge on any atom is -0.395 e. The maximum atomic E-state index is 13.4. The number of carbonyl (C=O) groups is 1. The lowest BCUT2D eigenvalue weighted by Crippen LogP contribution is -2.55. The molecule has 31 heavy (non-hydrogen) atoms. The van der Waals surface area contributed by atoms with Crippen molar-refractivity contribution in [3.63, 3.8) is 0 Å². The van der Waals surface area contributed by atoms with Crippen LogP contribution in [-0.2, 0) is 4.79 Å². The summed E-state index contributed by atoms with van der Waals surface area (Å²) in [5, 5.41) is 20.8. The van der Waals surface area contributed by atoms with Crippen LogP contribution in [-0.4, -0.2) is 28.7 Å². The van der Waals surface area contributed by atoms with E-state index in [1.807, 2.05) is 6.08 Å². The third-order valence-electron chi connectivity index (χ3n) is 10.4. The molecule has 3 saturated carbocycles. The van der Waals surface area contributed by atoms with Crippen LogP contribution in [0.15, 0.2) is 23.8 Å². The van der Waals surface area contributed by atoms with Crippen molar-refractivity contribution in [1.82, 2.24) is 0 Å². The highest BCUT2D eigenvalue weighted by Gasteiger charge is 2.62. The van der Waals surface area contributed by atoms with Crippen LogP contribution in [0, 0.1) is 46.3 Å². The third-order valence-corrected chi connectivity index (χ3v) is 10.4. The van der Waals surface area contributed by atoms with Gasteiger partial charge in [-0.15, -0.1) is 0 Å². The Balaban J connectivity index is 1.57. The molecule has 2 N–H and O–H groups in total. The molecule has 0 amide bonds. The predicted octanol–water partition coefficient (Wildman–Crippen LogP) is 5.71. The van der Waals surface area contributed by atoms with Gasteiger partial charge < -0.3 is 10.2 Å². The van der Waals surface area contributed by atoms with Crippen molar-refractivity contribution in [2.24, 2.45) is 46.3 Å². The fourth-order valence-electron chi connectivity index (χ4n) is 8.37. The summed E-state index contributed by atoms with van der Waals surface area (Å²) in [5.74, 6) is 2.93. The van der Waals surface area contributed by atoms with Gasteiger partial charge in [0.1, 0.15) is 0 Å². The molecule has 0 aliphatic heterocycles. The molecule has 3 fully saturated rings. The van der Waals surface area contributed by atoms with Gasteiger partial charge >= 0.3 is 0 Å². The van der Waals surface area contributed by atoms with Gasteiger partial charge in [-0.1, -0.05) is 45.4 Å². The molecule has 0 aromatic carbocycles. The summed E-state index contributed by atoms with van der Waals surface area (Å²) in [6, 6.07) is 0. The van der Waals surface area contributed by atoms with Gasteiger partial charge in [0.2, 0.25) is 0 Å². The number of carbonyl (C=O) groups excluding carboxylic acids is 1.